The van der Waals surface area contributed by atoms with E-state index >= 15 is 0 Å². The number of para-hydroxylation sites is 1. The normalized spacial score (nSPS) is 16.4. The van der Waals surface area contributed by atoms with Crippen molar-refractivity contribution in [3.8, 4) is 5.75 Å². The fourth-order valence-corrected chi connectivity index (χ4v) is 3.34. The van der Waals surface area contributed by atoms with Gasteiger partial charge in [-0.05, 0) is 43.2 Å². The number of urea groups is 1. The van der Waals surface area contributed by atoms with E-state index in [-0.39, 0.29) is 35.2 Å². The van der Waals surface area contributed by atoms with Crippen molar-refractivity contribution in [2.45, 2.75) is 19.5 Å². The number of alkyl halides is 2. The summed E-state index contributed by atoms with van der Waals surface area (Å²) in [6.07, 6.45) is 1.34. The van der Waals surface area contributed by atoms with Crippen LogP contribution in [0.5, 0.6) is 5.75 Å². The molecule has 3 rings (SSSR count). The van der Waals surface area contributed by atoms with E-state index in [1.807, 2.05) is 18.2 Å². The van der Waals surface area contributed by atoms with Crippen LogP contribution in [0.3, 0.4) is 0 Å². The number of ether oxygens (including phenoxy) is 1. The van der Waals surface area contributed by atoms with Crippen LogP contribution in [0, 0.1) is 5.92 Å². The minimum absolute atomic E-state index is 0.0318. The minimum Gasteiger partial charge on any atom is -0.433 e. The smallest absolute Gasteiger partial charge is 0.387 e. The predicted molar refractivity (Wildman–Crippen MR) is 106 cm³/mol. The number of halogens is 3. The Morgan fingerprint density at radius 2 is 1.86 bits per heavy atom. The van der Waals surface area contributed by atoms with Crippen molar-refractivity contribution in [2.75, 3.05) is 23.7 Å². The van der Waals surface area contributed by atoms with Crippen molar-refractivity contribution in [2.24, 2.45) is 5.92 Å². The highest BCUT2D eigenvalue weighted by Crippen LogP contribution is 2.29. The van der Waals surface area contributed by atoms with Crippen LogP contribution in [-0.2, 0) is 4.79 Å². The Morgan fingerprint density at radius 1 is 1.10 bits per heavy atom. The van der Waals surface area contributed by atoms with Gasteiger partial charge >= 0.3 is 12.6 Å². The van der Waals surface area contributed by atoms with E-state index in [4.69, 9.17) is 11.6 Å². The molecular weight excluding hydrogens is 404 g/mol. The van der Waals surface area contributed by atoms with Gasteiger partial charge in [0.15, 0.2) is 0 Å². The van der Waals surface area contributed by atoms with Crippen LogP contribution >= 0.6 is 11.6 Å². The zero-order valence-corrected chi connectivity index (χ0v) is 16.2. The molecule has 1 unspecified atom stereocenters. The molecule has 2 aromatic carbocycles. The van der Waals surface area contributed by atoms with Crippen LogP contribution in [-0.4, -0.2) is 36.5 Å². The molecule has 154 valence electrons. The van der Waals surface area contributed by atoms with E-state index in [0.717, 1.165) is 0 Å². The maximum Gasteiger partial charge on any atom is 0.387 e. The van der Waals surface area contributed by atoms with Gasteiger partial charge in [-0.3, -0.25) is 4.79 Å². The quantitative estimate of drug-likeness (QED) is 0.724. The minimum atomic E-state index is -2.98. The molecule has 1 aliphatic heterocycles. The second kappa shape index (κ2) is 9.56. The van der Waals surface area contributed by atoms with Crippen LogP contribution in [0.1, 0.15) is 12.8 Å². The molecule has 0 radical (unpaired) electrons. The Bertz CT molecular complexity index is 867. The Labute approximate surface area is 171 Å². The number of carbonyl (C=O) groups excluding carboxylic acids is 2. The molecule has 1 atom stereocenters. The lowest BCUT2D eigenvalue weighted by molar-refractivity contribution is -0.121. The van der Waals surface area contributed by atoms with E-state index in [1.165, 1.54) is 18.2 Å². The number of nitrogens with one attached hydrogen (secondary N) is 2. The van der Waals surface area contributed by atoms with Gasteiger partial charge in [0.25, 0.3) is 0 Å². The highest BCUT2D eigenvalue weighted by molar-refractivity contribution is 6.32. The second-order valence-corrected chi connectivity index (χ2v) is 7.00. The van der Waals surface area contributed by atoms with Crippen molar-refractivity contribution in [1.29, 1.82) is 0 Å². The molecule has 0 aliphatic carbocycles. The Morgan fingerprint density at radius 3 is 2.55 bits per heavy atom. The topological polar surface area (TPSA) is 70.7 Å². The van der Waals surface area contributed by atoms with Gasteiger partial charge in [-0.2, -0.15) is 8.78 Å². The maximum atomic E-state index is 12.6. The summed E-state index contributed by atoms with van der Waals surface area (Å²) in [4.78, 5) is 26.7. The van der Waals surface area contributed by atoms with Gasteiger partial charge in [-0.15, -0.1) is 0 Å². The average Bonchev–Trinajstić information content (AvgIpc) is 2.70. The van der Waals surface area contributed by atoms with Gasteiger partial charge in [0.2, 0.25) is 5.91 Å². The third-order valence-corrected chi connectivity index (χ3v) is 4.82. The number of likely N-dealkylation sites (tertiary alicyclic amines) is 1. The molecular formula is C20H20ClF2N3O3. The molecule has 2 N–H and O–H groups in total. The van der Waals surface area contributed by atoms with Crippen molar-refractivity contribution >= 4 is 34.9 Å². The number of carbonyl (C=O) groups is 2. The van der Waals surface area contributed by atoms with Gasteiger partial charge in [-0.25, -0.2) is 4.79 Å². The van der Waals surface area contributed by atoms with Gasteiger partial charge in [0.1, 0.15) is 5.75 Å². The van der Waals surface area contributed by atoms with Crippen LogP contribution < -0.4 is 15.4 Å². The summed E-state index contributed by atoms with van der Waals surface area (Å²) in [5.41, 5.74) is 1.05. The molecule has 1 saturated heterocycles. The molecule has 9 heteroatoms. The zero-order valence-electron chi connectivity index (χ0n) is 15.4. The number of amides is 3. The van der Waals surface area contributed by atoms with Crippen LogP contribution in [0.4, 0.5) is 25.0 Å². The fourth-order valence-electron chi connectivity index (χ4n) is 3.11. The molecule has 1 heterocycles. The predicted octanol–water partition coefficient (Wildman–Crippen LogP) is 4.82. The second-order valence-electron chi connectivity index (χ2n) is 6.59. The molecule has 3 amide bonds. The van der Waals surface area contributed by atoms with Crippen molar-refractivity contribution in [3.05, 3.63) is 53.6 Å². The van der Waals surface area contributed by atoms with Crippen LogP contribution in [0.15, 0.2) is 48.5 Å². The molecule has 1 fully saturated rings. The number of hydrogen-bond donors (Lipinski definition) is 2. The van der Waals surface area contributed by atoms with Gasteiger partial charge in [0.05, 0.1) is 10.9 Å². The molecule has 0 spiro atoms. The summed E-state index contributed by atoms with van der Waals surface area (Å²) >= 11 is 5.91. The van der Waals surface area contributed by atoms with Crippen molar-refractivity contribution in [1.82, 2.24) is 4.90 Å². The highest BCUT2D eigenvalue weighted by Gasteiger charge is 2.28. The zero-order chi connectivity index (χ0) is 20.8. The van der Waals surface area contributed by atoms with Crippen LogP contribution in [0.25, 0.3) is 0 Å². The Hall–Kier alpha value is -2.87. The molecule has 0 saturated carbocycles. The summed E-state index contributed by atoms with van der Waals surface area (Å²) in [6, 6.07) is 12.9. The first-order valence-electron chi connectivity index (χ1n) is 9.08. The largest absolute Gasteiger partial charge is 0.433 e. The third-order valence-electron chi connectivity index (χ3n) is 4.52. The summed E-state index contributed by atoms with van der Waals surface area (Å²) in [5.74, 6) is -0.817. The first-order valence-corrected chi connectivity index (χ1v) is 9.46. The summed E-state index contributed by atoms with van der Waals surface area (Å²) < 4.78 is 28.9. The fraction of sp³-hybridized carbons (Fsp3) is 0.300. The molecule has 1 aliphatic rings. The van der Waals surface area contributed by atoms with E-state index in [9.17, 15) is 18.4 Å². The molecule has 29 heavy (non-hydrogen) atoms. The standard InChI is InChI=1S/C20H20ClF2N3O3/c21-16-11-15(8-9-17(16)29-19(22)23)24-18(27)13-5-4-10-26(12-13)20(28)25-14-6-2-1-3-7-14/h1-3,6-9,11,13,19H,4-5,10,12H2,(H,24,27)(H,25,28). The first-order chi connectivity index (χ1) is 13.9. The molecule has 6 nitrogen and oxygen atoms in total. The average molecular weight is 424 g/mol. The van der Waals surface area contributed by atoms with Gasteiger partial charge < -0.3 is 20.3 Å². The Kier molecular flexibility index (Phi) is 6.87. The molecule has 0 bridgehead atoms. The number of hydrogen-bond acceptors (Lipinski definition) is 3. The van der Waals surface area contributed by atoms with E-state index in [2.05, 4.69) is 15.4 Å². The number of nitrogens with zero attached hydrogens (tertiary/aromatic N) is 1. The number of benzene rings is 2. The van der Waals surface area contributed by atoms with Crippen LogP contribution in [0.2, 0.25) is 5.02 Å². The maximum absolute atomic E-state index is 12.6. The van der Waals surface area contributed by atoms with Crippen molar-refractivity contribution in [3.63, 3.8) is 0 Å². The lowest BCUT2D eigenvalue weighted by atomic mass is 9.97. The monoisotopic (exact) mass is 423 g/mol. The van der Waals surface area contributed by atoms with Crippen molar-refractivity contribution < 1.29 is 23.1 Å². The van der Waals surface area contributed by atoms with Gasteiger partial charge in [-0.1, -0.05) is 29.8 Å². The molecule has 0 aromatic heterocycles. The summed E-state index contributed by atoms with van der Waals surface area (Å²) in [5, 5.41) is 5.50. The first kappa shape index (κ1) is 20.9. The van der Waals surface area contributed by atoms with E-state index < -0.39 is 6.61 Å². The summed E-state index contributed by atoms with van der Waals surface area (Å²) in [7, 11) is 0. The number of anilines is 2. The lowest BCUT2D eigenvalue weighted by Gasteiger charge is -2.32. The number of piperidine rings is 1. The third kappa shape index (κ3) is 5.80. The van der Waals surface area contributed by atoms with E-state index in [1.54, 1.807) is 17.0 Å². The summed E-state index contributed by atoms with van der Waals surface area (Å²) in [6.45, 7) is -2.14. The Balaban J connectivity index is 1.58. The number of rotatable bonds is 5. The van der Waals surface area contributed by atoms with E-state index in [0.29, 0.717) is 30.8 Å². The SMILES string of the molecule is O=C(Nc1ccc(OC(F)F)c(Cl)c1)C1CCCN(C(=O)Nc2ccccc2)C1. The highest BCUT2D eigenvalue weighted by atomic mass is 35.5. The van der Waals surface area contributed by atoms with Gasteiger partial charge in [0, 0.05) is 24.5 Å². The lowest BCUT2D eigenvalue weighted by Crippen LogP contribution is -2.45. The molecule has 2 aromatic rings.